The van der Waals surface area contributed by atoms with Crippen LogP contribution in [0.4, 0.5) is 0 Å². The first-order chi connectivity index (χ1) is 12.5. The molecule has 0 saturated carbocycles. The number of carbonyl (C=O) groups is 1. The minimum atomic E-state index is -3.55. The third-order valence-corrected chi connectivity index (χ3v) is 6.47. The first-order valence-corrected chi connectivity index (χ1v) is 10.3. The fourth-order valence-corrected chi connectivity index (χ4v) is 4.69. The number of aromatic nitrogens is 1. The Hall–Kier alpha value is -2.03. The Balaban J connectivity index is 1.62. The maximum absolute atomic E-state index is 12.7. The van der Waals surface area contributed by atoms with Crippen LogP contribution >= 0.6 is 15.9 Å². The van der Waals surface area contributed by atoms with Gasteiger partial charge in [-0.3, -0.25) is 9.78 Å². The number of benzene rings is 1. The molecule has 1 fully saturated rings. The highest BCUT2D eigenvalue weighted by Crippen LogP contribution is 2.21. The van der Waals surface area contributed by atoms with Crippen LogP contribution in [0.25, 0.3) is 6.08 Å². The third-order valence-electron chi connectivity index (χ3n) is 4.09. The second-order valence-corrected chi connectivity index (χ2v) is 8.66. The summed E-state index contributed by atoms with van der Waals surface area (Å²) in [7, 11) is -3.55. The van der Waals surface area contributed by atoms with Crippen molar-refractivity contribution in [3.8, 4) is 0 Å². The molecule has 6 nitrogen and oxygen atoms in total. The van der Waals surface area contributed by atoms with Gasteiger partial charge in [-0.2, -0.15) is 4.31 Å². The Morgan fingerprint density at radius 2 is 1.88 bits per heavy atom. The van der Waals surface area contributed by atoms with E-state index >= 15 is 0 Å². The van der Waals surface area contributed by atoms with E-state index in [9.17, 15) is 13.2 Å². The molecule has 26 heavy (non-hydrogen) atoms. The smallest absolute Gasteiger partial charge is 0.246 e. The summed E-state index contributed by atoms with van der Waals surface area (Å²) >= 11 is 3.30. The van der Waals surface area contributed by atoms with Crippen molar-refractivity contribution in [3.63, 3.8) is 0 Å². The fourth-order valence-electron chi connectivity index (χ4n) is 2.67. The molecule has 0 N–H and O–H groups in total. The van der Waals surface area contributed by atoms with Gasteiger partial charge in [-0.1, -0.05) is 28.1 Å². The van der Waals surface area contributed by atoms with Crippen LogP contribution in [0.15, 0.2) is 64.2 Å². The second kappa shape index (κ2) is 8.11. The van der Waals surface area contributed by atoms with E-state index in [1.807, 2.05) is 6.07 Å². The average Bonchev–Trinajstić information content (AvgIpc) is 2.67. The zero-order chi connectivity index (χ0) is 18.6. The number of sulfonamides is 1. The molecule has 1 aliphatic rings. The molecular weight excluding hydrogens is 418 g/mol. The Morgan fingerprint density at radius 1 is 1.12 bits per heavy atom. The normalized spacial score (nSPS) is 16.1. The highest BCUT2D eigenvalue weighted by Gasteiger charge is 2.29. The molecule has 1 aromatic carbocycles. The number of nitrogens with zero attached hydrogens (tertiary/aromatic N) is 3. The van der Waals surface area contributed by atoms with Crippen molar-refractivity contribution in [2.75, 3.05) is 26.2 Å². The van der Waals surface area contributed by atoms with Crippen LogP contribution in [0.1, 0.15) is 5.56 Å². The van der Waals surface area contributed by atoms with Gasteiger partial charge in [-0.15, -0.1) is 0 Å². The van der Waals surface area contributed by atoms with Gasteiger partial charge >= 0.3 is 0 Å². The molecule has 3 rings (SSSR count). The maximum atomic E-state index is 12.7. The van der Waals surface area contributed by atoms with Crippen molar-refractivity contribution in [2.24, 2.45) is 0 Å². The second-order valence-electron chi connectivity index (χ2n) is 5.81. The monoisotopic (exact) mass is 435 g/mol. The lowest BCUT2D eigenvalue weighted by molar-refractivity contribution is -0.127. The van der Waals surface area contributed by atoms with E-state index < -0.39 is 10.0 Å². The van der Waals surface area contributed by atoms with E-state index in [1.165, 1.54) is 10.4 Å². The van der Waals surface area contributed by atoms with Gasteiger partial charge in [0, 0.05) is 49.1 Å². The summed E-state index contributed by atoms with van der Waals surface area (Å²) in [5.41, 5.74) is 0.844. The molecule has 0 unspecified atom stereocenters. The molecule has 0 bridgehead atoms. The minimum Gasteiger partial charge on any atom is -0.337 e. The molecule has 136 valence electrons. The Labute approximate surface area is 161 Å². The van der Waals surface area contributed by atoms with Gasteiger partial charge in [0.25, 0.3) is 0 Å². The highest BCUT2D eigenvalue weighted by molar-refractivity contribution is 9.10. The van der Waals surface area contributed by atoms with Crippen LogP contribution in [0.5, 0.6) is 0 Å². The van der Waals surface area contributed by atoms with Crippen molar-refractivity contribution in [1.29, 1.82) is 0 Å². The standard InChI is InChI=1S/C18H18BrN3O3S/c19-16-4-1-5-17(13-16)26(24,25)22-11-9-21(10-12-22)18(23)7-6-15-3-2-8-20-14-15/h1-8,13-14H,9-12H2/b7-6+. The number of hydrogen-bond donors (Lipinski definition) is 0. The minimum absolute atomic E-state index is 0.131. The van der Waals surface area contributed by atoms with Crippen LogP contribution < -0.4 is 0 Å². The molecule has 1 aliphatic heterocycles. The van der Waals surface area contributed by atoms with E-state index in [4.69, 9.17) is 0 Å². The Bertz CT molecular complexity index is 908. The Morgan fingerprint density at radius 3 is 2.54 bits per heavy atom. The fraction of sp³-hybridized carbons (Fsp3) is 0.222. The lowest BCUT2D eigenvalue weighted by Crippen LogP contribution is -2.50. The van der Waals surface area contributed by atoms with Crippen molar-refractivity contribution in [3.05, 3.63) is 64.9 Å². The van der Waals surface area contributed by atoms with Gasteiger partial charge in [0.2, 0.25) is 15.9 Å². The van der Waals surface area contributed by atoms with Crippen LogP contribution in [0, 0.1) is 0 Å². The van der Waals surface area contributed by atoms with Crippen LogP contribution in [0.2, 0.25) is 0 Å². The van der Waals surface area contributed by atoms with Crippen molar-refractivity contribution in [2.45, 2.75) is 4.90 Å². The van der Waals surface area contributed by atoms with Crippen molar-refractivity contribution >= 4 is 37.9 Å². The average molecular weight is 436 g/mol. The topological polar surface area (TPSA) is 70.6 Å². The molecule has 1 saturated heterocycles. The van der Waals surface area contributed by atoms with Gasteiger partial charge < -0.3 is 4.90 Å². The lowest BCUT2D eigenvalue weighted by Gasteiger charge is -2.33. The quantitative estimate of drug-likeness (QED) is 0.691. The summed E-state index contributed by atoms with van der Waals surface area (Å²) in [6.07, 6.45) is 6.55. The van der Waals surface area contributed by atoms with E-state index in [-0.39, 0.29) is 23.9 Å². The first-order valence-electron chi connectivity index (χ1n) is 8.09. The molecule has 0 radical (unpaired) electrons. The number of carbonyl (C=O) groups excluding carboxylic acids is 1. The molecule has 2 heterocycles. The van der Waals surface area contributed by atoms with Gasteiger partial charge in [-0.25, -0.2) is 8.42 Å². The summed E-state index contributed by atoms with van der Waals surface area (Å²) in [4.78, 5) is 18.2. The summed E-state index contributed by atoms with van der Waals surface area (Å²) in [6, 6.07) is 10.3. The zero-order valence-electron chi connectivity index (χ0n) is 14.0. The molecule has 1 aromatic heterocycles. The van der Waals surface area contributed by atoms with Gasteiger partial charge in [0.05, 0.1) is 4.90 Å². The summed E-state index contributed by atoms with van der Waals surface area (Å²) in [5.74, 6) is -0.131. The van der Waals surface area contributed by atoms with Gasteiger partial charge in [-0.05, 0) is 35.9 Å². The number of rotatable bonds is 4. The third kappa shape index (κ3) is 4.38. The maximum Gasteiger partial charge on any atom is 0.246 e. The molecule has 8 heteroatoms. The van der Waals surface area contributed by atoms with Crippen molar-refractivity contribution in [1.82, 2.24) is 14.2 Å². The van der Waals surface area contributed by atoms with Crippen LogP contribution in [-0.2, 0) is 14.8 Å². The first kappa shape index (κ1) is 18.8. The number of hydrogen-bond acceptors (Lipinski definition) is 4. The van der Waals surface area contributed by atoms with Crippen LogP contribution in [0.3, 0.4) is 0 Å². The van der Waals surface area contributed by atoms with Crippen molar-refractivity contribution < 1.29 is 13.2 Å². The lowest BCUT2D eigenvalue weighted by atomic mass is 10.2. The van der Waals surface area contributed by atoms with Crippen LogP contribution in [-0.4, -0.2) is 54.7 Å². The summed E-state index contributed by atoms with van der Waals surface area (Å²) in [5, 5.41) is 0. The largest absolute Gasteiger partial charge is 0.337 e. The van der Waals surface area contributed by atoms with E-state index in [1.54, 1.807) is 53.7 Å². The molecule has 2 aromatic rings. The molecular formula is C18H18BrN3O3S. The zero-order valence-corrected chi connectivity index (χ0v) is 16.4. The van der Waals surface area contributed by atoms with E-state index in [0.717, 1.165) is 5.56 Å². The van der Waals surface area contributed by atoms with Gasteiger partial charge in [0.15, 0.2) is 0 Å². The summed E-state index contributed by atoms with van der Waals surface area (Å²) in [6.45, 7) is 1.29. The van der Waals surface area contributed by atoms with Gasteiger partial charge in [0.1, 0.15) is 0 Å². The summed E-state index contributed by atoms with van der Waals surface area (Å²) < 4.78 is 27.6. The molecule has 1 amide bonds. The molecule has 0 spiro atoms. The molecule has 0 aliphatic carbocycles. The molecule has 0 atom stereocenters. The van der Waals surface area contributed by atoms with E-state index in [2.05, 4.69) is 20.9 Å². The SMILES string of the molecule is O=C(/C=C/c1cccnc1)N1CCN(S(=O)(=O)c2cccc(Br)c2)CC1. The number of pyridine rings is 1. The predicted molar refractivity (Wildman–Crippen MR) is 103 cm³/mol. The number of piperazine rings is 1. The number of amides is 1. The number of halogens is 1. The predicted octanol–water partition coefficient (Wildman–Crippen LogP) is 2.39. The van der Waals surface area contributed by atoms with E-state index in [0.29, 0.717) is 17.6 Å². The Kier molecular flexibility index (Phi) is 5.85. The highest BCUT2D eigenvalue weighted by atomic mass is 79.9.